The Kier molecular flexibility index (Phi) is 5.89. The fourth-order valence-corrected chi connectivity index (χ4v) is 4.33. The number of hydrogen-bond acceptors (Lipinski definition) is 1. The summed E-state index contributed by atoms with van der Waals surface area (Å²) in [6.07, 6.45) is 5.69. The van der Waals surface area contributed by atoms with Gasteiger partial charge in [-0.25, -0.2) is 0 Å². The topological polar surface area (TPSA) is 48.0 Å². The van der Waals surface area contributed by atoms with Crippen LogP contribution in [0.2, 0.25) is 0 Å². The maximum atomic E-state index is 12.2. The van der Waals surface area contributed by atoms with Crippen LogP contribution in [0.5, 0.6) is 0 Å². The van der Waals surface area contributed by atoms with Crippen molar-refractivity contribution in [3.63, 3.8) is 0 Å². The van der Waals surface area contributed by atoms with Gasteiger partial charge in [-0.1, -0.05) is 63.1 Å². The standard InChI is InChI=1S/C27H29N2O/c1-3-5-6-9-20-14-15-22-25(17-20)29(18-21-11-7-10-19(4-2)16-21)24-13-8-12-23(26(22)24)27(28)30/h7-8,10-14,16-17H,3-6,9,18H2,1-2H3,(H2,28,30). The summed E-state index contributed by atoms with van der Waals surface area (Å²) in [6, 6.07) is 22.4. The Labute approximate surface area is 178 Å². The lowest BCUT2D eigenvalue weighted by Crippen LogP contribution is -2.11. The quantitative estimate of drug-likeness (QED) is 0.362. The molecule has 2 N–H and O–H groups in total. The zero-order chi connectivity index (χ0) is 21.1. The molecule has 0 saturated carbocycles. The molecule has 3 aromatic carbocycles. The van der Waals surface area contributed by atoms with E-state index in [-0.39, 0.29) is 0 Å². The number of unbranched alkanes of at least 4 members (excludes halogenated alkanes) is 2. The van der Waals surface area contributed by atoms with Crippen molar-refractivity contribution in [3.8, 4) is 0 Å². The minimum atomic E-state index is -0.395. The number of nitrogens with zero attached hydrogens (tertiary/aromatic N) is 1. The van der Waals surface area contributed by atoms with E-state index in [1.54, 1.807) is 0 Å². The summed E-state index contributed by atoms with van der Waals surface area (Å²) >= 11 is 0. The first-order valence-electron chi connectivity index (χ1n) is 11.0. The molecule has 3 nitrogen and oxygen atoms in total. The Bertz CT molecular complexity index is 1200. The van der Waals surface area contributed by atoms with Gasteiger partial charge >= 0.3 is 0 Å². The van der Waals surface area contributed by atoms with Gasteiger partial charge in [0.05, 0.1) is 11.0 Å². The fourth-order valence-electron chi connectivity index (χ4n) is 4.33. The monoisotopic (exact) mass is 397 g/mol. The molecule has 0 bridgehead atoms. The number of amides is 1. The average Bonchev–Trinajstić information content (AvgIpc) is 3.07. The van der Waals surface area contributed by atoms with Crippen molar-refractivity contribution in [2.45, 2.75) is 52.5 Å². The molecule has 4 rings (SSSR count). The molecular formula is C27H29N2O. The summed E-state index contributed by atoms with van der Waals surface area (Å²) in [5.41, 5.74) is 12.3. The Balaban J connectivity index is 1.90. The molecule has 0 atom stereocenters. The number of carbonyl (C=O) groups is 1. The van der Waals surface area contributed by atoms with E-state index in [4.69, 9.17) is 5.73 Å². The molecule has 153 valence electrons. The summed E-state index contributed by atoms with van der Waals surface area (Å²) in [4.78, 5) is 12.2. The van der Waals surface area contributed by atoms with Gasteiger partial charge in [0.15, 0.2) is 0 Å². The molecule has 0 aliphatic rings. The highest BCUT2D eigenvalue weighted by molar-refractivity contribution is 6.17. The second-order valence-electron chi connectivity index (χ2n) is 8.05. The first-order chi connectivity index (χ1) is 14.6. The smallest absolute Gasteiger partial charge is 0.249 e. The van der Waals surface area contributed by atoms with Gasteiger partial charge in [0.1, 0.15) is 0 Å². The molecule has 30 heavy (non-hydrogen) atoms. The van der Waals surface area contributed by atoms with Gasteiger partial charge < -0.3 is 10.3 Å². The first-order valence-corrected chi connectivity index (χ1v) is 11.0. The number of rotatable bonds is 8. The lowest BCUT2D eigenvalue weighted by molar-refractivity contribution is 0.100. The normalized spacial score (nSPS) is 11.4. The number of benzene rings is 3. The minimum Gasteiger partial charge on any atom is -0.366 e. The molecular weight excluding hydrogens is 368 g/mol. The van der Waals surface area contributed by atoms with Gasteiger partial charge in [0.2, 0.25) is 5.91 Å². The maximum absolute atomic E-state index is 12.2. The van der Waals surface area contributed by atoms with Crippen LogP contribution < -0.4 is 5.73 Å². The van der Waals surface area contributed by atoms with Gasteiger partial charge in [-0.15, -0.1) is 0 Å². The van der Waals surface area contributed by atoms with E-state index >= 15 is 0 Å². The average molecular weight is 398 g/mol. The molecule has 0 aliphatic heterocycles. The summed E-state index contributed by atoms with van der Waals surface area (Å²) in [5.74, 6) is -0.395. The largest absolute Gasteiger partial charge is 0.366 e. The van der Waals surface area contributed by atoms with Crippen LogP contribution in [-0.4, -0.2) is 10.5 Å². The Morgan fingerprint density at radius 3 is 2.53 bits per heavy atom. The van der Waals surface area contributed by atoms with Crippen LogP contribution in [0.1, 0.15) is 60.2 Å². The lowest BCUT2D eigenvalue weighted by Gasteiger charge is -2.10. The van der Waals surface area contributed by atoms with Gasteiger partial charge in [0.25, 0.3) is 0 Å². The molecule has 0 unspecified atom stereocenters. The highest BCUT2D eigenvalue weighted by Crippen LogP contribution is 2.33. The third kappa shape index (κ3) is 3.85. The second-order valence-corrected chi connectivity index (χ2v) is 8.05. The number of nitrogens with two attached hydrogens (primary N) is 1. The number of hydrogen-bond donors (Lipinski definition) is 1. The van der Waals surface area contributed by atoms with E-state index in [2.05, 4.69) is 66.9 Å². The molecule has 1 aromatic heterocycles. The number of carbonyl (C=O) groups excluding carboxylic acids is 1. The molecule has 0 fully saturated rings. The fraction of sp³-hybridized carbons (Fsp3) is 0.296. The molecule has 4 aromatic rings. The highest BCUT2D eigenvalue weighted by Gasteiger charge is 2.17. The SMILES string of the molecule is CCCCCc1c[c]c2c3c(C(N)=O)cccc3n(Cc3cccc(CC)c3)c2c1. The van der Waals surface area contributed by atoms with Crippen LogP contribution >= 0.6 is 0 Å². The van der Waals surface area contributed by atoms with Crippen LogP contribution in [-0.2, 0) is 19.4 Å². The number of primary amides is 1. The maximum Gasteiger partial charge on any atom is 0.249 e. The van der Waals surface area contributed by atoms with Crippen molar-refractivity contribution >= 4 is 27.7 Å². The molecule has 1 radical (unpaired) electrons. The summed E-state index contributed by atoms with van der Waals surface area (Å²) in [7, 11) is 0. The van der Waals surface area contributed by atoms with Gasteiger partial charge in [0, 0.05) is 22.9 Å². The second kappa shape index (κ2) is 8.74. The Hall–Kier alpha value is -3.07. The van der Waals surface area contributed by atoms with E-state index < -0.39 is 5.91 Å². The van der Waals surface area contributed by atoms with Crippen molar-refractivity contribution in [3.05, 3.63) is 82.9 Å². The molecule has 1 amide bonds. The third-order valence-electron chi connectivity index (χ3n) is 5.93. The van der Waals surface area contributed by atoms with Crippen LogP contribution in [0.4, 0.5) is 0 Å². The molecule has 0 aliphatic carbocycles. The number of aryl methyl sites for hydroxylation is 2. The minimum absolute atomic E-state index is 0.395. The predicted octanol–water partition coefficient (Wildman–Crippen LogP) is 6.04. The third-order valence-corrected chi connectivity index (χ3v) is 5.93. The van der Waals surface area contributed by atoms with Crippen molar-refractivity contribution in [2.75, 3.05) is 0 Å². The summed E-state index contributed by atoms with van der Waals surface area (Å²) in [6.45, 7) is 5.15. The van der Waals surface area contributed by atoms with Crippen molar-refractivity contribution < 1.29 is 4.79 Å². The van der Waals surface area contributed by atoms with E-state index in [9.17, 15) is 4.79 Å². The van der Waals surface area contributed by atoms with E-state index in [0.29, 0.717) is 5.56 Å². The van der Waals surface area contributed by atoms with Crippen LogP contribution in [0, 0.1) is 6.07 Å². The number of fused-ring (bicyclic) bond motifs is 3. The van der Waals surface area contributed by atoms with Gasteiger partial charge in [-0.3, -0.25) is 4.79 Å². The zero-order valence-corrected chi connectivity index (χ0v) is 17.9. The summed E-state index contributed by atoms with van der Waals surface area (Å²) < 4.78 is 2.31. The van der Waals surface area contributed by atoms with Crippen LogP contribution in [0.25, 0.3) is 21.8 Å². The van der Waals surface area contributed by atoms with E-state index in [0.717, 1.165) is 41.2 Å². The lowest BCUT2D eigenvalue weighted by atomic mass is 10.0. The first kappa shape index (κ1) is 20.2. The van der Waals surface area contributed by atoms with E-state index in [1.807, 2.05) is 12.1 Å². The van der Waals surface area contributed by atoms with E-state index in [1.165, 1.54) is 36.0 Å². The molecule has 1 heterocycles. The predicted molar refractivity (Wildman–Crippen MR) is 125 cm³/mol. The molecule has 0 spiro atoms. The zero-order valence-electron chi connectivity index (χ0n) is 17.9. The highest BCUT2D eigenvalue weighted by atomic mass is 16.1. The number of aromatic nitrogens is 1. The van der Waals surface area contributed by atoms with Crippen molar-refractivity contribution in [1.29, 1.82) is 0 Å². The summed E-state index contributed by atoms with van der Waals surface area (Å²) in [5, 5.41) is 1.89. The van der Waals surface area contributed by atoms with Crippen molar-refractivity contribution in [2.24, 2.45) is 5.73 Å². The molecule has 0 saturated heterocycles. The Morgan fingerprint density at radius 1 is 0.967 bits per heavy atom. The molecule has 3 heteroatoms. The van der Waals surface area contributed by atoms with Gasteiger partial charge in [-0.05, 0) is 60.2 Å². The Morgan fingerprint density at radius 2 is 1.77 bits per heavy atom. The van der Waals surface area contributed by atoms with Crippen LogP contribution in [0.15, 0.2) is 54.6 Å². The van der Waals surface area contributed by atoms with Gasteiger partial charge in [-0.2, -0.15) is 0 Å². The van der Waals surface area contributed by atoms with Crippen LogP contribution in [0.3, 0.4) is 0 Å². The van der Waals surface area contributed by atoms with Crippen molar-refractivity contribution in [1.82, 2.24) is 4.57 Å².